The van der Waals surface area contributed by atoms with Crippen LogP contribution < -0.4 is 16.0 Å². The van der Waals surface area contributed by atoms with Crippen LogP contribution >= 0.6 is 0 Å². The van der Waals surface area contributed by atoms with E-state index in [2.05, 4.69) is 5.32 Å². The second-order valence-electron chi connectivity index (χ2n) is 9.95. The molecule has 0 aliphatic heterocycles. The van der Waals surface area contributed by atoms with Gasteiger partial charge >= 0.3 is 0 Å². The van der Waals surface area contributed by atoms with Gasteiger partial charge in [-0.2, -0.15) is 0 Å². The summed E-state index contributed by atoms with van der Waals surface area (Å²) in [6, 6.07) is 0.504. The number of hydrogen-bond acceptors (Lipinski definition) is 9. The molecular formula is C25H29F2N3O7. The number of nitrogens with one attached hydrogen (secondary N) is 1. The predicted molar refractivity (Wildman–Crippen MR) is 128 cm³/mol. The molecule has 3 aliphatic rings. The number of phenols is 1. The first-order valence-electron chi connectivity index (χ1n) is 11.8. The van der Waals surface area contributed by atoms with Crippen LogP contribution in [0.25, 0.3) is 0 Å². The molecular weight excluding hydrogens is 492 g/mol. The number of fused-ring (bicyclic) bond motifs is 3. The minimum absolute atomic E-state index is 0.0224. The topological polar surface area (TPSA) is 173 Å². The summed E-state index contributed by atoms with van der Waals surface area (Å²) in [5.74, 6) is -7.06. The summed E-state index contributed by atoms with van der Waals surface area (Å²) >= 11 is 0. The molecule has 0 bridgehead atoms. The Bertz CT molecular complexity index is 1260. The van der Waals surface area contributed by atoms with Gasteiger partial charge in [0.25, 0.3) is 5.91 Å². The van der Waals surface area contributed by atoms with E-state index in [1.54, 1.807) is 25.1 Å². The lowest BCUT2D eigenvalue weighted by Gasteiger charge is -2.46. The lowest BCUT2D eigenvalue weighted by atomic mass is 9.60. The molecule has 3 aliphatic carbocycles. The fraction of sp³-hybridized carbons (Fsp3) is 0.480. The number of primary amides is 1. The largest absolute Gasteiger partial charge is 0.511 e. The maximum atomic E-state index is 13.8. The Morgan fingerprint density at radius 2 is 1.86 bits per heavy atom. The van der Waals surface area contributed by atoms with Crippen LogP contribution in [0.15, 0.2) is 28.7 Å². The average Bonchev–Trinajstić information content (AvgIpc) is 2.82. The van der Waals surface area contributed by atoms with Crippen LogP contribution in [0.1, 0.15) is 34.3 Å². The number of aromatic hydroxyl groups is 1. The number of alkyl halides is 2. The number of amides is 1. The van der Waals surface area contributed by atoms with E-state index < -0.39 is 77.1 Å². The minimum Gasteiger partial charge on any atom is -0.511 e. The Morgan fingerprint density at radius 3 is 2.43 bits per heavy atom. The number of carbonyl (C=O) groups is 3. The molecule has 0 radical (unpaired) electrons. The van der Waals surface area contributed by atoms with Gasteiger partial charge in [0.2, 0.25) is 5.78 Å². The second kappa shape index (κ2) is 9.42. The lowest BCUT2D eigenvalue weighted by Crippen LogP contribution is -2.57. The molecule has 0 heterocycles. The van der Waals surface area contributed by atoms with Gasteiger partial charge < -0.3 is 36.4 Å². The van der Waals surface area contributed by atoms with E-state index in [1.807, 2.05) is 0 Å². The molecule has 0 aromatic heterocycles. The number of aliphatic hydroxyl groups is 3. The molecule has 37 heavy (non-hydrogen) atoms. The number of nitrogens with zero attached hydrogens (tertiary/aromatic N) is 1. The van der Waals surface area contributed by atoms with Crippen molar-refractivity contribution < 1.29 is 43.6 Å². The summed E-state index contributed by atoms with van der Waals surface area (Å²) in [4.78, 5) is 40.3. The normalized spacial score (nSPS) is 25.2. The summed E-state index contributed by atoms with van der Waals surface area (Å²) in [6.45, 7) is -2.11. The van der Waals surface area contributed by atoms with Crippen LogP contribution in [0.2, 0.25) is 0 Å². The number of benzene rings is 1. The number of halogens is 2. The van der Waals surface area contributed by atoms with Crippen molar-refractivity contribution in [1.82, 2.24) is 5.32 Å². The number of anilines is 1. The van der Waals surface area contributed by atoms with Crippen molar-refractivity contribution >= 4 is 23.2 Å². The Kier molecular flexibility index (Phi) is 6.76. The van der Waals surface area contributed by atoms with Gasteiger partial charge in [-0.15, -0.1) is 0 Å². The number of Topliss-reactive ketones (excluding diaryl/α,β-unsaturated/α-hetero) is 2. The minimum atomic E-state index is -2.65. The van der Waals surface area contributed by atoms with Crippen molar-refractivity contribution in [3.8, 4) is 5.75 Å². The maximum absolute atomic E-state index is 13.8. The van der Waals surface area contributed by atoms with Gasteiger partial charge in [0.1, 0.15) is 36.2 Å². The van der Waals surface area contributed by atoms with Crippen LogP contribution in [0.3, 0.4) is 0 Å². The highest BCUT2D eigenvalue weighted by molar-refractivity contribution is 6.24. The number of aliphatic hydroxyl groups excluding tert-OH is 2. The molecule has 1 amide bonds. The van der Waals surface area contributed by atoms with Gasteiger partial charge in [0, 0.05) is 49.8 Å². The number of ketones is 2. The van der Waals surface area contributed by atoms with E-state index in [0.717, 1.165) is 0 Å². The first-order chi connectivity index (χ1) is 17.4. The zero-order valence-electron chi connectivity index (χ0n) is 20.3. The van der Waals surface area contributed by atoms with Gasteiger partial charge in [-0.05, 0) is 30.4 Å². The molecule has 3 atom stereocenters. The number of carbonyl (C=O) groups excluding carboxylic acids is 3. The Hall–Kier alpha value is -3.51. The Balaban J connectivity index is 1.86. The van der Waals surface area contributed by atoms with Crippen molar-refractivity contribution in [2.75, 3.05) is 32.3 Å². The standard InChI is InChI=1S/C25H29F2N3O7/c1-30(2)15-5-11(9-29-13(7-26)8-27)20(32)18-14(15)4-10-3-12-6-16(31)19(24(28)36)23(35)25(12,37)22(34)17(10)21(18)33/h5,10,12-13,29,31-32,34,37H,3-4,6-9H2,1-2H3,(H2,28,36)/t10-,12+,25+/m1/s1. The number of allylic oxidation sites excluding steroid dienone is 2. The third kappa shape index (κ3) is 3.95. The summed E-state index contributed by atoms with van der Waals surface area (Å²) in [6.07, 6.45) is -0.134. The SMILES string of the molecule is CN(C)c1cc(CNC(CF)CF)c(O)c2c1C[C@H]1C[C@H]3CC(O)=C(C(N)=O)C(=O)[C@@]3(O)C(O)=C1C2=O. The highest BCUT2D eigenvalue weighted by atomic mass is 19.1. The van der Waals surface area contributed by atoms with E-state index >= 15 is 0 Å². The number of rotatable bonds is 7. The van der Waals surface area contributed by atoms with E-state index in [4.69, 9.17) is 5.73 Å². The van der Waals surface area contributed by atoms with Gasteiger partial charge in [-0.1, -0.05) is 0 Å². The first kappa shape index (κ1) is 26.6. The quantitative estimate of drug-likeness (QED) is 0.287. The molecule has 1 aromatic carbocycles. The van der Waals surface area contributed by atoms with Crippen LogP contribution in [0.4, 0.5) is 14.5 Å². The average molecular weight is 522 g/mol. The number of hydrogen-bond donors (Lipinski definition) is 6. The first-order valence-corrected chi connectivity index (χ1v) is 11.8. The molecule has 7 N–H and O–H groups in total. The molecule has 12 heteroatoms. The summed E-state index contributed by atoms with van der Waals surface area (Å²) < 4.78 is 26.0. The van der Waals surface area contributed by atoms with Crippen LogP contribution in [-0.4, -0.2) is 77.0 Å². The lowest BCUT2D eigenvalue weighted by molar-refractivity contribution is -0.144. The van der Waals surface area contributed by atoms with Gasteiger partial charge in [-0.25, -0.2) is 8.78 Å². The van der Waals surface area contributed by atoms with E-state index in [9.17, 15) is 43.6 Å². The predicted octanol–water partition coefficient (Wildman–Crippen LogP) is 1.04. The van der Waals surface area contributed by atoms with Gasteiger partial charge in [-0.3, -0.25) is 14.4 Å². The third-order valence-corrected chi connectivity index (χ3v) is 7.55. The number of phenolic OH excluding ortho intramolecular Hbond substituents is 1. The van der Waals surface area contributed by atoms with Crippen molar-refractivity contribution in [3.05, 3.63) is 45.4 Å². The molecule has 0 saturated heterocycles. The third-order valence-electron chi connectivity index (χ3n) is 7.55. The highest BCUT2D eigenvalue weighted by Crippen LogP contribution is 2.52. The zero-order valence-corrected chi connectivity index (χ0v) is 20.3. The van der Waals surface area contributed by atoms with Crippen LogP contribution in [0.5, 0.6) is 5.75 Å². The Morgan fingerprint density at radius 1 is 1.22 bits per heavy atom. The van der Waals surface area contributed by atoms with E-state index in [-0.39, 0.29) is 42.5 Å². The van der Waals surface area contributed by atoms with Crippen molar-refractivity contribution in [2.45, 2.75) is 37.5 Å². The molecule has 200 valence electrons. The summed E-state index contributed by atoms with van der Waals surface area (Å²) in [5.41, 5.74) is 2.50. The monoisotopic (exact) mass is 521 g/mol. The maximum Gasteiger partial charge on any atom is 0.255 e. The van der Waals surface area contributed by atoms with Crippen LogP contribution in [0, 0.1) is 11.8 Å². The fourth-order valence-electron chi connectivity index (χ4n) is 5.66. The second-order valence-corrected chi connectivity index (χ2v) is 9.95. The molecule has 0 saturated carbocycles. The van der Waals surface area contributed by atoms with Crippen molar-refractivity contribution in [1.29, 1.82) is 0 Å². The Labute approximate surface area is 211 Å². The molecule has 0 spiro atoms. The molecule has 0 unspecified atom stereocenters. The summed E-state index contributed by atoms with van der Waals surface area (Å²) in [7, 11) is 3.44. The van der Waals surface area contributed by atoms with Crippen LogP contribution in [-0.2, 0) is 22.6 Å². The summed E-state index contributed by atoms with van der Waals surface area (Å²) in [5, 5.41) is 46.4. The van der Waals surface area contributed by atoms with E-state index in [0.29, 0.717) is 11.3 Å². The van der Waals surface area contributed by atoms with Gasteiger partial charge in [0.15, 0.2) is 11.4 Å². The highest BCUT2D eigenvalue weighted by Gasteiger charge is 2.59. The molecule has 4 rings (SSSR count). The van der Waals surface area contributed by atoms with Gasteiger partial charge in [0.05, 0.1) is 11.6 Å². The molecule has 1 aromatic rings. The number of nitrogens with two attached hydrogens (primary N) is 1. The van der Waals surface area contributed by atoms with Crippen molar-refractivity contribution in [2.24, 2.45) is 17.6 Å². The van der Waals surface area contributed by atoms with Crippen molar-refractivity contribution in [3.63, 3.8) is 0 Å². The van der Waals surface area contributed by atoms with E-state index in [1.165, 1.54) is 0 Å². The smallest absolute Gasteiger partial charge is 0.255 e. The fourth-order valence-corrected chi connectivity index (χ4v) is 5.66. The molecule has 10 nitrogen and oxygen atoms in total. The molecule has 0 fully saturated rings. The zero-order chi connectivity index (χ0) is 27.4.